The summed E-state index contributed by atoms with van der Waals surface area (Å²) in [6, 6.07) is 34.4. The molecule has 1 aliphatic rings. The maximum Gasteiger partial charge on any atom is 0.232 e. The molecule has 0 saturated carbocycles. The molecule has 0 aromatic heterocycles. The van der Waals surface area contributed by atoms with Crippen molar-refractivity contribution in [1.29, 1.82) is 0 Å². The quantitative estimate of drug-likeness (QED) is 0.432. The summed E-state index contributed by atoms with van der Waals surface area (Å²) < 4.78 is 6.05. The van der Waals surface area contributed by atoms with E-state index in [1.54, 1.807) is 12.1 Å². The van der Waals surface area contributed by atoms with Gasteiger partial charge in [0.1, 0.15) is 11.5 Å². The summed E-state index contributed by atoms with van der Waals surface area (Å²) in [7, 11) is 0. The first-order chi connectivity index (χ1) is 16.2. The summed E-state index contributed by atoms with van der Waals surface area (Å²) in [6.45, 7) is 0.439. The monoisotopic (exact) mass is 435 g/mol. The Morgan fingerprint density at radius 1 is 0.788 bits per heavy atom. The van der Waals surface area contributed by atoms with Crippen LogP contribution >= 0.6 is 0 Å². The van der Waals surface area contributed by atoms with E-state index in [0.717, 1.165) is 28.0 Å². The van der Waals surface area contributed by atoms with Crippen LogP contribution in [0.2, 0.25) is 0 Å². The van der Waals surface area contributed by atoms with Gasteiger partial charge in [0.15, 0.2) is 0 Å². The van der Waals surface area contributed by atoms with Crippen molar-refractivity contribution in [1.82, 2.24) is 5.32 Å². The van der Waals surface area contributed by atoms with Gasteiger partial charge in [-0.3, -0.25) is 4.79 Å². The summed E-state index contributed by atoms with van der Waals surface area (Å²) >= 11 is 0. The molecule has 0 spiro atoms. The van der Waals surface area contributed by atoms with E-state index in [0.29, 0.717) is 6.61 Å². The first kappa shape index (κ1) is 20.8. The molecule has 2 atom stereocenters. The highest BCUT2D eigenvalue weighted by atomic mass is 16.5. The fourth-order valence-electron chi connectivity index (χ4n) is 4.57. The average Bonchev–Trinajstić information content (AvgIpc) is 2.86. The van der Waals surface area contributed by atoms with E-state index >= 15 is 0 Å². The number of amides is 1. The number of phenolic OH excluding ortho intramolecular Hbond substituents is 1. The molecule has 1 amide bonds. The van der Waals surface area contributed by atoms with Crippen LogP contribution in [0.15, 0.2) is 109 Å². The largest absolute Gasteiger partial charge is 0.508 e. The minimum atomic E-state index is -0.428. The number of fused-ring (bicyclic) bond motifs is 1. The third-order valence-corrected chi connectivity index (χ3v) is 6.22. The smallest absolute Gasteiger partial charge is 0.232 e. The fraction of sp³-hybridized carbons (Fsp3) is 0.138. The Balaban J connectivity index is 1.53. The van der Waals surface area contributed by atoms with E-state index in [1.807, 2.05) is 97.1 Å². The molecule has 4 aromatic rings. The number of aromatic hydroxyl groups is 1. The van der Waals surface area contributed by atoms with Crippen molar-refractivity contribution in [2.24, 2.45) is 0 Å². The second-order valence-corrected chi connectivity index (χ2v) is 8.29. The number of rotatable bonds is 5. The molecule has 4 aromatic carbocycles. The molecule has 0 fully saturated rings. The molecule has 2 N–H and O–H groups in total. The zero-order chi connectivity index (χ0) is 22.6. The van der Waals surface area contributed by atoms with Crippen molar-refractivity contribution in [2.75, 3.05) is 6.61 Å². The Morgan fingerprint density at radius 3 is 2.00 bits per heavy atom. The van der Waals surface area contributed by atoms with Gasteiger partial charge in [0, 0.05) is 11.5 Å². The van der Waals surface area contributed by atoms with Gasteiger partial charge in [-0.2, -0.15) is 0 Å². The lowest BCUT2D eigenvalue weighted by atomic mass is 9.84. The van der Waals surface area contributed by atoms with Crippen LogP contribution in [0.25, 0.3) is 0 Å². The second kappa shape index (κ2) is 9.21. The second-order valence-electron chi connectivity index (χ2n) is 8.29. The van der Waals surface area contributed by atoms with Crippen LogP contribution in [-0.4, -0.2) is 17.6 Å². The highest BCUT2D eigenvalue weighted by molar-refractivity contribution is 5.87. The summed E-state index contributed by atoms with van der Waals surface area (Å²) in [5, 5.41) is 13.1. The Labute approximate surface area is 193 Å². The van der Waals surface area contributed by atoms with Crippen LogP contribution in [0.1, 0.15) is 40.1 Å². The number of phenols is 1. The predicted molar refractivity (Wildman–Crippen MR) is 128 cm³/mol. The normalized spacial score (nSPS) is 17.1. The molecule has 0 radical (unpaired) electrons. The van der Waals surface area contributed by atoms with Crippen molar-refractivity contribution in [2.45, 2.75) is 17.9 Å². The predicted octanol–water partition coefficient (Wildman–Crippen LogP) is 5.56. The Kier molecular flexibility index (Phi) is 5.81. The first-order valence-corrected chi connectivity index (χ1v) is 11.1. The Morgan fingerprint density at radius 2 is 1.36 bits per heavy atom. The molecule has 0 saturated heterocycles. The number of benzene rings is 4. The number of nitrogens with one attached hydrogen (secondary N) is 1. The molecule has 0 unspecified atom stereocenters. The summed E-state index contributed by atoms with van der Waals surface area (Å²) in [5.74, 6) is 0.427. The van der Waals surface area contributed by atoms with E-state index in [4.69, 9.17) is 4.74 Å². The van der Waals surface area contributed by atoms with E-state index in [1.165, 1.54) is 0 Å². The topological polar surface area (TPSA) is 58.6 Å². The fourth-order valence-corrected chi connectivity index (χ4v) is 4.57. The number of para-hydroxylation sites is 1. The number of hydrogen-bond donors (Lipinski definition) is 2. The van der Waals surface area contributed by atoms with Crippen LogP contribution in [0.5, 0.6) is 11.5 Å². The molecular weight excluding hydrogens is 410 g/mol. The summed E-state index contributed by atoms with van der Waals surface area (Å²) in [6.07, 6.45) is 0. The molecule has 4 heteroatoms. The third kappa shape index (κ3) is 4.33. The van der Waals surface area contributed by atoms with Crippen LogP contribution in [0.3, 0.4) is 0 Å². The summed E-state index contributed by atoms with van der Waals surface area (Å²) in [4.78, 5) is 13.9. The minimum Gasteiger partial charge on any atom is -0.508 e. The summed E-state index contributed by atoms with van der Waals surface area (Å²) in [5.41, 5.74) is 3.85. The lowest BCUT2D eigenvalue weighted by Crippen LogP contribution is -2.40. The number of carbonyl (C=O) groups excluding carboxylic acids is 1. The van der Waals surface area contributed by atoms with Gasteiger partial charge in [0.2, 0.25) is 5.91 Å². The van der Waals surface area contributed by atoms with Gasteiger partial charge in [-0.1, -0.05) is 91.0 Å². The van der Waals surface area contributed by atoms with Gasteiger partial charge < -0.3 is 15.2 Å². The van der Waals surface area contributed by atoms with Crippen molar-refractivity contribution < 1.29 is 14.6 Å². The van der Waals surface area contributed by atoms with Gasteiger partial charge in [0.25, 0.3) is 0 Å². The molecule has 0 aliphatic carbocycles. The molecule has 33 heavy (non-hydrogen) atoms. The maximum absolute atomic E-state index is 13.9. The number of ether oxygens (including phenoxy) is 1. The number of hydrogen-bond acceptors (Lipinski definition) is 3. The molecule has 0 bridgehead atoms. The zero-order valence-electron chi connectivity index (χ0n) is 18.1. The van der Waals surface area contributed by atoms with Crippen molar-refractivity contribution >= 4 is 5.91 Å². The van der Waals surface area contributed by atoms with Crippen molar-refractivity contribution in [3.8, 4) is 11.5 Å². The van der Waals surface area contributed by atoms with Crippen LogP contribution < -0.4 is 10.1 Å². The van der Waals surface area contributed by atoms with Crippen molar-refractivity contribution in [3.05, 3.63) is 131 Å². The lowest BCUT2D eigenvalue weighted by molar-refractivity contribution is -0.122. The Hall–Kier alpha value is -4.05. The van der Waals surface area contributed by atoms with E-state index in [2.05, 4.69) is 5.32 Å². The standard InChI is InChI=1S/C29H25NO3/c31-23-17-15-20(16-18-23)25-19-33-26-14-8-7-13-24(26)28(25)30-29(32)27(21-9-3-1-4-10-21)22-11-5-2-6-12-22/h1-18,25,27-28,31H,19H2,(H,30,32)/t25-,28+/m1/s1. The van der Waals surface area contributed by atoms with Crippen LogP contribution in [-0.2, 0) is 4.79 Å². The molecule has 5 rings (SSSR count). The van der Waals surface area contributed by atoms with E-state index in [-0.39, 0.29) is 23.6 Å². The van der Waals surface area contributed by atoms with Gasteiger partial charge in [0.05, 0.1) is 18.6 Å². The molecule has 4 nitrogen and oxygen atoms in total. The molecule has 1 aliphatic heterocycles. The third-order valence-electron chi connectivity index (χ3n) is 6.22. The van der Waals surface area contributed by atoms with E-state index in [9.17, 15) is 9.90 Å². The highest BCUT2D eigenvalue weighted by Crippen LogP contribution is 2.41. The SMILES string of the molecule is O=C(N[C@H]1c2ccccc2OC[C@@H]1c1ccc(O)cc1)C(c1ccccc1)c1ccccc1. The highest BCUT2D eigenvalue weighted by Gasteiger charge is 2.35. The average molecular weight is 436 g/mol. The van der Waals surface area contributed by atoms with Crippen molar-refractivity contribution in [3.63, 3.8) is 0 Å². The molecule has 164 valence electrons. The molecular formula is C29H25NO3. The van der Waals surface area contributed by atoms with Gasteiger partial charge in [-0.25, -0.2) is 0 Å². The number of carbonyl (C=O) groups is 1. The van der Waals surface area contributed by atoms with Crippen LogP contribution in [0, 0.1) is 0 Å². The van der Waals surface area contributed by atoms with Gasteiger partial charge in [-0.15, -0.1) is 0 Å². The maximum atomic E-state index is 13.9. The van der Waals surface area contributed by atoms with Gasteiger partial charge in [-0.05, 0) is 34.9 Å². The van der Waals surface area contributed by atoms with E-state index < -0.39 is 5.92 Å². The first-order valence-electron chi connectivity index (χ1n) is 11.1. The van der Waals surface area contributed by atoms with Gasteiger partial charge >= 0.3 is 0 Å². The van der Waals surface area contributed by atoms with Crippen LogP contribution in [0.4, 0.5) is 0 Å². The zero-order valence-corrected chi connectivity index (χ0v) is 18.1. The minimum absolute atomic E-state index is 0.0575. The molecule has 1 heterocycles. The Bertz CT molecular complexity index is 1180. The lowest BCUT2D eigenvalue weighted by Gasteiger charge is -2.35.